The average molecular weight is 527 g/mol. The molecule has 2 aromatic carbocycles. The van der Waals surface area contributed by atoms with Crippen LogP contribution in [0.1, 0.15) is 116 Å². The fourth-order valence-electron chi connectivity index (χ4n) is 5.65. The van der Waals surface area contributed by atoms with Crippen LogP contribution in [-0.2, 0) is 16.4 Å². The normalized spacial score (nSPS) is 14.4. The highest BCUT2D eigenvalue weighted by Gasteiger charge is 2.56. The molecule has 0 aliphatic heterocycles. The first-order chi connectivity index (χ1) is 17.8. The lowest BCUT2D eigenvalue weighted by Gasteiger charge is -2.51. The first kappa shape index (κ1) is 32.3. The van der Waals surface area contributed by atoms with E-state index in [1.165, 1.54) is 24.8 Å². The second kappa shape index (κ2) is 13.5. The summed E-state index contributed by atoms with van der Waals surface area (Å²) in [5.41, 5.74) is 1.49. The van der Waals surface area contributed by atoms with E-state index in [-0.39, 0.29) is 10.8 Å². The Bertz CT molecular complexity index is 937. The van der Waals surface area contributed by atoms with Crippen molar-refractivity contribution in [2.45, 2.75) is 117 Å². The van der Waals surface area contributed by atoms with E-state index in [4.69, 9.17) is 4.74 Å². The van der Waals surface area contributed by atoms with E-state index in [0.717, 1.165) is 36.0 Å². The number of aliphatic hydroxyl groups excluding tert-OH is 3. The Morgan fingerprint density at radius 2 is 1.16 bits per heavy atom. The van der Waals surface area contributed by atoms with Crippen LogP contribution in [0.4, 0.5) is 0 Å². The molecule has 0 saturated carbocycles. The van der Waals surface area contributed by atoms with E-state index >= 15 is 0 Å². The SMILES string of the molecule is CCCCCCCCC(Oc1ccccc1)(c1c(C(C)(C)C)cc(C)cc1C(C)(C)C)C(CO)(CO)CO. The minimum Gasteiger partial charge on any atom is -0.482 e. The van der Waals surface area contributed by atoms with Gasteiger partial charge in [-0.1, -0.05) is 116 Å². The summed E-state index contributed by atoms with van der Waals surface area (Å²) >= 11 is 0. The second-order valence-corrected chi connectivity index (χ2v) is 13.2. The number of ether oxygens (including phenoxy) is 1. The summed E-state index contributed by atoms with van der Waals surface area (Å²) < 4.78 is 7.09. The van der Waals surface area contributed by atoms with Crippen molar-refractivity contribution in [2.24, 2.45) is 5.41 Å². The molecule has 4 heteroatoms. The maximum absolute atomic E-state index is 11.0. The quantitative estimate of drug-likeness (QED) is 0.222. The summed E-state index contributed by atoms with van der Waals surface area (Å²) in [5, 5.41) is 32.9. The van der Waals surface area contributed by atoms with E-state index in [1.54, 1.807) is 0 Å². The number of para-hydroxylation sites is 1. The minimum atomic E-state index is -1.30. The van der Waals surface area contributed by atoms with Gasteiger partial charge >= 0.3 is 0 Å². The largest absolute Gasteiger partial charge is 0.482 e. The number of hydrogen-bond acceptors (Lipinski definition) is 4. The number of aliphatic hydroxyl groups is 3. The zero-order chi connectivity index (χ0) is 28.6. The molecule has 1 unspecified atom stereocenters. The van der Waals surface area contributed by atoms with E-state index in [0.29, 0.717) is 12.2 Å². The molecule has 0 aromatic heterocycles. The van der Waals surface area contributed by atoms with Gasteiger partial charge < -0.3 is 20.1 Å². The Kier molecular flexibility index (Phi) is 11.5. The van der Waals surface area contributed by atoms with Crippen LogP contribution in [0.15, 0.2) is 42.5 Å². The molecule has 3 N–H and O–H groups in total. The molecular weight excluding hydrogens is 472 g/mol. The van der Waals surface area contributed by atoms with Crippen LogP contribution < -0.4 is 4.74 Å². The zero-order valence-electron chi connectivity index (χ0n) is 25.4. The molecule has 38 heavy (non-hydrogen) atoms. The molecule has 4 nitrogen and oxygen atoms in total. The Hall–Kier alpha value is -1.88. The van der Waals surface area contributed by atoms with Crippen molar-refractivity contribution in [1.29, 1.82) is 0 Å². The van der Waals surface area contributed by atoms with E-state index in [9.17, 15) is 15.3 Å². The molecule has 0 aliphatic carbocycles. The molecule has 1 atom stereocenters. The van der Waals surface area contributed by atoms with Crippen molar-refractivity contribution < 1.29 is 20.1 Å². The Balaban J connectivity index is 2.99. The van der Waals surface area contributed by atoms with E-state index in [2.05, 4.69) is 67.5 Å². The lowest BCUT2D eigenvalue weighted by Crippen LogP contribution is -2.58. The molecule has 2 rings (SSSR count). The topological polar surface area (TPSA) is 69.9 Å². The van der Waals surface area contributed by atoms with Crippen LogP contribution >= 0.6 is 0 Å². The summed E-state index contributed by atoms with van der Waals surface area (Å²) in [6, 6.07) is 14.1. The third-order valence-corrected chi connectivity index (χ3v) is 7.98. The van der Waals surface area contributed by atoms with E-state index < -0.39 is 30.8 Å². The van der Waals surface area contributed by atoms with Crippen LogP contribution in [0.2, 0.25) is 0 Å². The average Bonchev–Trinajstić information content (AvgIpc) is 2.86. The number of benzene rings is 2. The van der Waals surface area contributed by atoms with Crippen molar-refractivity contribution in [2.75, 3.05) is 19.8 Å². The second-order valence-electron chi connectivity index (χ2n) is 13.2. The Morgan fingerprint density at radius 3 is 1.61 bits per heavy atom. The summed E-state index contributed by atoms with van der Waals surface area (Å²) in [6.07, 6.45) is 7.20. The predicted molar refractivity (Wildman–Crippen MR) is 159 cm³/mol. The predicted octanol–water partition coefficient (Wildman–Crippen LogP) is 7.58. The molecule has 0 saturated heterocycles. The molecule has 0 heterocycles. The summed E-state index contributed by atoms with van der Waals surface area (Å²) in [6.45, 7) is 16.4. The molecule has 0 radical (unpaired) electrons. The highest BCUT2D eigenvalue weighted by molar-refractivity contribution is 5.51. The van der Waals surface area contributed by atoms with Gasteiger partial charge in [0.25, 0.3) is 0 Å². The third-order valence-electron chi connectivity index (χ3n) is 7.98. The number of aryl methyl sites for hydroxylation is 1. The minimum absolute atomic E-state index is 0.236. The van der Waals surface area contributed by atoms with Gasteiger partial charge in [-0.3, -0.25) is 0 Å². The maximum atomic E-state index is 11.0. The van der Waals surface area contributed by atoms with Gasteiger partial charge in [0, 0.05) is 5.56 Å². The zero-order valence-corrected chi connectivity index (χ0v) is 25.4. The fraction of sp³-hybridized carbons (Fsp3) is 0.647. The third kappa shape index (κ3) is 7.20. The van der Waals surface area contributed by atoms with Gasteiger partial charge in [0.05, 0.1) is 25.2 Å². The van der Waals surface area contributed by atoms with Gasteiger partial charge in [-0.25, -0.2) is 0 Å². The lowest BCUT2D eigenvalue weighted by molar-refractivity contribution is -0.150. The standard InChI is InChI=1S/C34H54O4/c1-9-10-11-12-13-17-20-34(33(23-35,24-36)25-37,38-27-18-15-14-16-19-27)30-28(31(3,4)5)21-26(2)22-29(30)32(6,7)8/h14-16,18-19,21-22,35-37H,9-13,17,20,23-25H2,1-8H3. The first-order valence-corrected chi connectivity index (χ1v) is 14.5. The number of rotatable bonds is 14. The van der Waals surface area contributed by atoms with Gasteiger partial charge in [-0.05, 0) is 53.9 Å². The number of hydrogen-bond donors (Lipinski definition) is 3. The van der Waals surface area contributed by atoms with Gasteiger partial charge in [0.2, 0.25) is 0 Å². The molecule has 0 aliphatic rings. The molecular formula is C34H54O4. The summed E-state index contributed by atoms with van der Waals surface area (Å²) in [5.74, 6) is 0.665. The van der Waals surface area contributed by atoms with Crippen molar-refractivity contribution in [3.8, 4) is 5.75 Å². The number of unbranched alkanes of at least 4 members (excludes halogenated alkanes) is 5. The van der Waals surface area contributed by atoms with E-state index in [1.807, 2.05) is 30.3 Å². The van der Waals surface area contributed by atoms with Crippen LogP contribution in [0.25, 0.3) is 0 Å². The molecule has 214 valence electrons. The summed E-state index contributed by atoms with van der Waals surface area (Å²) in [7, 11) is 0. The monoisotopic (exact) mass is 526 g/mol. The molecule has 0 spiro atoms. The molecule has 0 fully saturated rings. The van der Waals surface area contributed by atoms with Crippen molar-refractivity contribution >= 4 is 0 Å². The fourth-order valence-corrected chi connectivity index (χ4v) is 5.65. The smallest absolute Gasteiger partial charge is 0.147 e. The molecule has 0 bridgehead atoms. The van der Waals surface area contributed by atoms with Gasteiger partial charge in [-0.2, -0.15) is 0 Å². The highest BCUT2D eigenvalue weighted by Crippen LogP contribution is 2.53. The Morgan fingerprint density at radius 1 is 0.684 bits per heavy atom. The Labute approximate surface area is 232 Å². The van der Waals surface area contributed by atoms with Crippen molar-refractivity contribution in [3.05, 3.63) is 64.7 Å². The van der Waals surface area contributed by atoms with Crippen LogP contribution in [0.5, 0.6) is 5.75 Å². The van der Waals surface area contributed by atoms with Gasteiger partial charge in [0.15, 0.2) is 0 Å². The molecule has 0 amide bonds. The summed E-state index contributed by atoms with van der Waals surface area (Å²) in [4.78, 5) is 0. The van der Waals surface area contributed by atoms with Crippen LogP contribution in [0.3, 0.4) is 0 Å². The van der Waals surface area contributed by atoms with Crippen molar-refractivity contribution in [3.63, 3.8) is 0 Å². The highest BCUT2D eigenvalue weighted by atomic mass is 16.5. The lowest BCUT2D eigenvalue weighted by atomic mass is 9.60. The maximum Gasteiger partial charge on any atom is 0.147 e. The van der Waals surface area contributed by atoms with Crippen LogP contribution in [0, 0.1) is 12.3 Å². The van der Waals surface area contributed by atoms with Crippen molar-refractivity contribution in [1.82, 2.24) is 0 Å². The van der Waals surface area contributed by atoms with Gasteiger partial charge in [-0.15, -0.1) is 0 Å². The first-order valence-electron chi connectivity index (χ1n) is 14.5. The van der Waals surface area contributed by atoms with Crippen LogP contribution in [-0.4, -0.2) is 35.1 Å². The molecule has 2 aromatic rings. The van der Waals surface area contributed by atoms with Gasteiger partial charge in [0.1, 0.15) is 11.4 Å².